The monoisotopic (exact) mass is 250 g/mol. The third-order valence-corrected chi connectivity index (χ3v) is 5.02. The third-order valence-electron chi connectivity index (χ3n) is 2.87. The molecule has 0 radical (unpaired) electrons. The van der Waals surface area contributed by atoms with Crippen molar-refractivity contribution in [1.29, 1.82) is 0 Å². The molecule has 16 heavy (non-hydrogen) atoms. The van der Waals surface area contributed by atoms with Crippen molar-refractivity contribution in [3.05, 3.63) is 0 Å². The van der Waals surface area contributed by atoms with Crippen molar-refractivity contribution in [3.8, 4) is 0 Å². The summed E-state index contributed by atoms with van der Waals surface area (Å²) in [6.45, 7) is 6.76. The number of nitrogens with one attached hydrogen (secondary N) is 2. The van der Waals surface area contributed by atoms with Gasteiger partial charge in [-0.25, -0.2) is 8.42 Å². The van der Waals surface area contributed by atoms with Crippen LogP contribution in [-0.4, -0.2) is 44.5 Å². The maximum absolute atomic E-state index is 11.7. The molecule has 0 aromatic carbocycles. The quantitative estimate of drug-likeness (QED) is 0.716. The van der Waals surface area contributed by atoms with Gasteiger partial charge in [0.2, 0.25) is 5.91 Å². The minimum Gasteiger partial charge on any atom is -0.353 e. The van der Waals surface area contributed by atoms with Crippen LogP contribution in [0.1, 0.15) is 27.7 Å². The number of carbonyl (C=O) groups is 1. The first-order valence-corrected chi connectivity index (χ1v) is 7.00. The Hall–Kier alpha value is -0.620. The SMILES string of the molecule is CNC(C)(C)C(=O)NCC(C)(C)S(C)(=O)=O. The molecule has 0 aromatic rings. The van der Waals surface area contributed by atoms with Crippen molar-refractivity contribution in [2.24, 2.45) is 0 Å². The first-order valence-electron chi connectivity index (χ1n) is 5.11. The molecular formula is C10H22N2O3S. The zero-order valence-electron chi connectivity index (χ0n) is 10.8. The molecule has 0 aliphatic carbocycles. The number of likely N-dealkylation sites (N-methyl/N-ethyl adjacent to an activating group) is 1. The van der Waals surface area contributed by atoms with Crippen molar-refractivity contribution in [2.75, 3.05) is 19.8 Å². The second-order valence-corrected chi connectivity index (χ2v) is 7.74. The molecule has 0 saturated heterocycles. The fourth-order valence-electron chi connectivity index (χ4n) is 0.759. The average Bonchev–Trinajstić information content (AvgIpc) is 2.12. The van der Waals surface area contributed by atoms with Crippen LogP contribution in [0.2, 0.25) is 0 Å². The van der Waals surface area contributed by atoms with E-state index in [2.05, 4.69) is 10.6 Å². The summed E-state index contributed by atoms with van der Waals surface area (Å²) in [7, 11) is -1.50. The van der Waals surface area contributed by atoms with Gasteiger partial charge in [0, 0.05) is 12.8 Å². The van der Waals surface area contributed by atoms with Crippen molar-refractivity contribution in [3.63, 3.8) is 0 Å². The van der Waals surface area contributed by atoms with Crippen molar-refractivity contribution < 1.29 is 13.2 Å². The van der Waals surface area contributed by atoms with Gasteiger partial charge in [-0.2, -0.15) is 0 Å². The first-order chi connectivity index (χ1) is 6.94. The minimum atomic E-state index is -3.19. The second-order valence-electron chi connectivity index (χ2n) is 5.09. The topological polar surface area (TPSA) is 75.3 Å². The Bertz CT molecular complexity index is 358. The van der Waals surface area contributed by atoms with E-state index >= 15 is 0 Å². The summed E-state index contributed by atoms with van der Waals surface area (Å²) in [6, 6.07) is 0. The Morgan fingerprint density at radius 3 is 1.94 bits per heavy atom. The number of rotatable bonds is 5. The molecule has 0 atom stereocenters. The Morgan fingerprint density at radius 2 is 1.62 bits per heavy atom. The van der Waals surface area contributed by atoms with Gasteiger partial charge in [-0.15, -0.1) is 0 Å². The molecule has 0 aliphatic heterocycles. The van der Waals surface area contributed by atoms with E-state index in [4.69, 9.17) is 0 Å². The Morgan fingerprint density at radius 1 is 1.19 bits per heavy atom. The van der Waals surface area contributed by atoms with Crippen LogP contribution in [0, 0.1) is 0 Å². The van der Waals surface area contributed by atoms with Gasteiger partial charge in [-0.3, -0.25) is 4.79 Å². The molecule has 96 valence electrons. The summed E-state index contributed by atoms with van der Waals surface area (Å²) >= 11 is 0. The smallest absolute Gasteiger partial charge is 0.239 e. The van der Waals surface area contributed by atoms with Gasteiger partial charge in [0.1, 0.15) is 0 Å². The van der Waals surface area contributed by atoms with Crippen LogP contribution in [0.5, 0.6) is 0 Å². The van der Waals surface area contributed by atoms with Crippen molar-refractivity contribution >= 4 is 15.7 Å². The number of carbonyl (C=O) groups excluding carboxylic acids is 1. The summed E-state index contributed by atoms with van der Waals surface area (Å²) in [6.07, 6.45) is 1.17. The van der Waals surface area contributed by atoms with Crippen LogP contribution in [0.15, 0.2) is 0 Å². The highest BCUT2D eigenvalue weighted by molar-refractivity contribution is 7.92. The van der Waals surface area contributed by atoms with E-state index in [0.717, 1.165) is 0 Å². The molecule has 0 spiro atoms. The Labute approximate surface area is 97.9 Å². The summed E-state index contributed by atoms with van der Waals surface area (Å²) in [4.78, 5) is 11.7. The lowest BCUT2D eigenvalue weighted by Crippen LogP contribution is -2.54. The van der Waals surface area contributed by atoms with E-state index in [1.165, 1.54) is 6.26 Å². The molecule has 1 amide bonds. The van der Waals surface area contributed by atoms with Crippen molar-refractivity contribution in [2.45, 2.75) is 38.0 Å². The summed E-state index contributed by atoms with van der Waals surface area (Å²) < 4.78 is 21.9. The molecule has 0 saturated carbocycles. The molecule has 0 unspecified atom stereocenters. The molecule has 0 bridgehead atoms. The van der Waals surface area contributed by atoms with E-state index in [9.17, 15) is 13.2 Å². The largest absolute Gasteiger partial charge is 0.353 e. The van der Waals surface area contributed by atoms with Gasteiger partial charge < -0.3 is 10.6 Å². The van der Waals surface area contributed by atoms with E-state index < -0.39 is 20.1 Å². The molecule has 0 aliphatic rings. The van der Waals surface area contributed by atoms with Crippen LogP contribution in [-0.2, 0) is 14.6 Å². The molecule has 0 aromatic heterocycles. The summed E-state index contributed by atoms with van der Waals surface area (Å²) in [5.41, 5.74) is -0.701. The van der Waals surface area contributed by atoms with Gasteiger partial charge in [-0.1, -0.05) is 0 Å². The number of hydrogen-bond donors (Lipinski definition) is 2. The molecule has 6 heteroatoms. The number of amides is 1. The van der Waals surface area contributed by atoms with Gasteiger partial charge in [0.15, 0.2) is 9.84 Å². The van der Waals surface area contributed by atoms with E-state index in [1.807, 2.05) is 0 Å². The van der Waals surface area contributed by atoms with Crippen molar-refractivity contribution in [1.82, 2.24) is 10.6 Å². The van der Waals surface area contributed by atoms with Gasteiger partial charge >= 0.3 is 0 Å². The third kappa shape index (κ3) is 3.75. The van der Waals surface area contributed by atoms with E-state index in [1.54, 1.807) is 34.7 Å². The molecular weight excluding hydrogens is 228 g/mol. The zero-order chi connectivity index (χ0) is 13.2. The van der Waals surface area contributed by atoms with Crippen LogP contribution in [0.3, 0.4) is 0 Å². The highest BCUT2D eigenvalue weighted by atomic mass is 32.2. The second kappa shape index (κ2) is 4.71. The molecule has 0 fully saturated rings. The summed E-state index contributed by atoms with van der Waals surface area (Å²) in [5, 5.41) is 5.49. The average molecular weight is 250 g/mol. The lowest BCUT2D eigenvalue weighted by Gasteiger charge is -2.27. The molecule has 2 N–H and O–H groups in total. The van der Waals surface area contributed by atoms with Gasteiger partial charge in [-0.05, 0) is 34.7 Å². The lowest BCUT2D eigenvalue weighted by atomic mass is 10.0. The Balaban J connectivity index is 4.55. The van der Waals surface area contributed by atoms with Crippen LogP contribution in [0.25, 0.3) is 0 Å². The highest BCUT2D eigenvalue weighted by Crippen LogP contribution is 2.14. The van der Waals surface area contributed by atoms with Gasteiger partial charge in [0.05, 0.1) is 10.3 Å². The standard InChI is InChI=1S/C10H22N2O3S/c1-9(2,16(6,14)15)7-12-8(13)10(3,4)11-5/h11H,7H2,1-6H3,(H,12,13). The Kier molecular flexibility index (Phi) is 4.53. The predicted octanol–water partition coefficient (Wildman–Crippen LogP) is -0.0762. The lowest BCUT2D eigenvalue weighted by molar-refractivity contribution is -0.126. The maximum atomic E-state index is 11.7. The molecule has 5 nitrogen and oxygen atoms in total. The first kappa shape index (κ1) is 15.4. The fraction of sp³-hybridized carbons (Fsp3) is 0.900. The molecule has 0 rings (SSSR count). The zero-order valence-corrected chi connectivity index (χ0v) is 11.7. The predicted molar refractivity (Wildman–Crippen MR) is 65.1 cm³/mol. The van der Waals surface area contributed by atoms with E-state index in [0.29, 0.717) is 0 Å². The van der Waals surface area contributed by atoms with E-state index in [-0.39, 0.29) is 12.5 Å². The van der Waals surface area contributed by atoms with Gasteiger partial charge in [0.25, 0.3) is 0 Å². The van der Waals surface area contributed by atoms with Crippen LogP contribution in [0.4, 0.5) is 0 Å². The fourth-order valence-corrected chi connectivity index (χ4v) is 1.09. The maximum Gasteiger partial charge on any atom is 0.239 e. The van der Waals surface area contributed by atoms with Crippen LogP contribution >= 0.6 is 0 Å². The van der Waals surface area contributed by atoms with Crippen LogP contribution < -0.4 is 10.6 Å². The normalized spacial score (nSPS) is 13.6. The minimum absolute atomic E-state index is 0.107. The summed E-state index contributed by atoms with van der Waals surface area (Å²) in [5.74, 6) is -0.216. The number of sulfone groups is 1. The number of hydrogen-bond acceptors (Lipinski definition) is 4. The highest BCUT2D eigenvalue weighted by Gasteiger charge is 2.33. The molecule has 0 heterocycles.